The maximum absolute atomic E-state index is 11.0. The van der Waals surface area contributed by atoms with Crippen LogP contribution in [0.15, 0.2) is 0 Å². The number of hydrogen-bond donors (Lipinski definition) is 1. The minimum atomic E-state index is -2.93. The molecule has 84 valence electrons. The number of aliphatic hydroxyl groups is 1. The third kappa shape index (κ3) is 4.42. The maximum atomic E-state index is 11.0. The Kier molecular flexibility index (Phi) is 3.95. The standard InChI is InChI=1S/C10H20O3S/c1-14(12,13)9-8-10(11)6-4-2-3-5-7-10/h11H,2-9H2,1H3. The second kappa shape index (κ2) is 4.62. The molecule has 1 aliphatic rings. The monoisotopic (exact) mass is 220 g/mol. The molecule has 0 unspecified atom stereocenters. The molecular formula is C10H20O3S. The Morgan fingerprint density at radius 3 is 2.07 bits per heavy atom. The van der Waals surface area contributed by atoms with Gasteiger partial charge < -0.3 is 5.11 Å². The van der Waals surface area contributed by atoms with E-state index in [9.17, 15) is 13.5 Å². The van der Waals surface area contributed by atoms with Gasteiger partial charge in [-0.2, -0.15) is 0 Å². The molecule has 1 saturated carbocycles. The average Bonchev–Trinajstić information content (AvgIpc) is 2.27. The predicted octanol–water partition coefficient (Wildman–Crippen LogP) is 1.51. The summed E-state index contributed by atoms with van der Waals surface area (Å²) < 4.78 is 22.0. The number of rotatable bonds is 3. The van der Waals surface area contributed by atoms with Crippen LogP contribution in [0, 0.1) is 0 Å². The summed E-state index contributed by atoms with van der Waals surface area (Å²) in [6, 6.07) is 0. The Balaban J connectivity index is 2.47. The van der Waals surface area contributed by atoms with E-state index in [1.165, 1.54) is 19.1 Å². The van der Waals surface area contributed by atoms with E-state index in [-0.39, 0.29) is 5.75 Å². The molecule has 0 aliphatic heterocycles. The van der Waals surface area contributed by atoms with Crippen LogP contribution in [0.1, 0.15) is 44.9 Å². The third-order valence-electron chi connectivity index (χ3n) is 2.97. The first kappa shape index (κ1) is 12.0. The van der Waals surface area contributed by atoms with Crippen molar-refractivity contribution in [3.8, 4) is 0 Å². The Bertz CT molecular complexity index is 261. The Hall–Kier alpha value is -0.0900. The van der Waals surface area contributed by atoms with Crippen molar-refractivity contribution in [3.63, 3.8) is 0 Å². The van der Waals surface area contributed by atoms with E-state index in [4.69, 9.17) is 0 Å². The van der Waals surface area contributed by atoms with Gasteiger partial charge in [-0.25, -0.2) is 8.42 Å². The highest BCUT2D eigenvalue weighted by Crippen LogP contribution is 2.29. The lowest BCUT2D eigenvalue weighted by Gasteiger charge is -2.25. The number of hydrogen-bond acceptors (Lipinski definition) is 3. The zero-order valence-electron chi connectivity index (χ0n) is 8.83. The van der Waals surface area contributed by atoms with Crippen molar-refractivity contribution < 1.29 is 13.5 Å². The zero-order valence-corrected chi connectivity index (χ0v) is 9.65. The number of sulfone groups is 1. The molecule has 0 aromatic carbocycles. The zero-order chi connectivity index (χ0) is 10.7. The molecule has 1 N–H and O–H groups in total. The molecule has 1 fully saturated rings. The van der Waals surface area contributed by atoms with Gasteiger partial charge >= 0.3 is 0 Å². The normalized spacial score (nSPS) is 23.0. The average molecular weight is 220 g/mol. The van der Waals surface area contributed by atoms with Crippen LogP contribution in [0.2, 0.25) is 0 Å². The fourth-order valence-electron chi connectivity index (χ4n) is 2.01. The molecule has 0 aromatic rings. The van der Waals surface area contributed by atoms with Crippen molar-refractivity contribution in [1.82, 2.24) is 0 Å². The van der Waals surface area contributed by atoms with Gasteiger partial charge in [-0.1, -0.05) is 25.7 Å². The molecule has 0 bridgehead atoms. The summed E-state index contributed by atoms with van der Waals surface area (Å²) in [4.78, 5) is 0. The largest absolute Gasteiger partial charge is 0.390 e. The molecule has 0 amide bonds. The minimum absolute atomic E-state index is 0.115. The lowest BCUT2D eigenvalue weighted by molar-refractivity contribution is 0.0219. The highest BCUT2D eigenvalue weighted by atomic mass is 32.2. The molecule has 0 spiro atoms. The molecule has 0 atom stereocenters. The van der Waals surface area contributed by atoms with Crippen molar-refractivity contribution >= 4 is 9.84 Å². The molecule has 14 heavy (non-hydrogen) atoms. The predicted molar refractivity (Wildman–Crippen MR) is 57.0 cm³/mol. The minimum Gasteiger partial charge on any atom is -0.390 e. The molecule has 0 saturated heterocycles. The van der Waals surface area contributed by atoms with Crippen LogP contribution in [-0.2, 0) is 9.84 Å². The van der Waals surface area contributed by atoms with Crippen molar-refractivity contribution in [2.45, 2.75) is 50.5 Å². The van der Waals surface area contributed by atoms with Crippen LogP contribution >= 0.6 is 0 Å². The van der Waals surface area contributed by atoms with E-state index in [2.05, 4.69) is 0 Å². The van der Waals surface area contributed by atoms with E-state index >= 15 is 0 Å². The van der Waals surface area contributed by atoms with Gasteiger partial charge in [0.05, 0.1) is 11.4 Å². The van der Waals surface area contributed by atoms with Gasteiger partial charge in [0, 0.05) is 6.26 Å². The third-order valence-corrected chi connectivity index (χ3v) is 3.92. The van der Waals surface area contributed by atoms with Gasteiger partial charge in [0.15, 0.2) is 0 Å². The summed E-state index contributed by atoms with van der Waals surface area (Å²) in [5.74, 6) is 0.115. The quantitative estimate of drug-likeness (QED) is 0.733. The first-order chi connectivity index (χ1) is 6.41. The summed E-state index contributed by atoms with van der Waals surface area (Å²) in [5.41, 5.74) is -0.709. The van der Waals surface area contributed by atoms with E-state index in [0.29, 0.717) is 6.42 Å². The van der Waals surface area contributed by atoms with Gasteiger partial charge in [-0.05, 0) is 19.3 Å². The van der Waals surface area contributed by atoms with Crippen molar-refractivity contribution in [2.75, 3.05) is 12.0 Å². The summed E-state index contributed by atoms with van der Waals surface area (Å²) in [6.07, 6.45) is 7.56. The van der Waals surface area contributed by atoms with Gasteiger partial charge in [0.25, 0.3) is 0 Å². The molecule has 0 heterocycles. The van der Waals surface area contributed by atoms with Crippen molar-refractivity contribution in [2.24, 2.45) is 0 Å². The van der Waals surface area contributed by atoms with Gasteiger partial charge in [0.1, 0.15) is 9.84 Å². The molecule has 1 rings (SSSR count). The van der Waals surface area contributed by atoms with Gasteiger partial charge in [-0.15, -0.1) is 0 Å². The molecule has 4 heteroatoms. The van der Waals surface area contributed by atoms with E-state index < -0.39 is 15.4 Å². The summed E-state index contributed by atoms with van der Waals surface area (Å²) in [7, 11) is -2.93. The molecule has 0 radical (unpaired) electrons. The fourth-order valence-corrected chi connectivity index (χ4v) is 2.76. The van der Waals surface area contributed by atoms with E-state index in [1.807, 2.05) is 0 Å². The highest BCUT2D eigenvalue weighted by molar-refractivity contribution is 7.90. The summed E-state index contributed by atoms with van der Waals surface area (Å²) in [5, 5.41) is 10.2. The Morgan fingerprint density at radius 2 is 1.64 bits per heavy atom. The van der Waals surface area contributed by atoms with Crippen molar-refractivity contribution in [3.05, 3.63) is 0 Å². The lowest BCUT2D eigenvalue weighted by Crippen LogP contribution is -2.30. The van der Waals surface area contributed by atoms with Crippen LogP contribution in [0.25, 0.3) is 0 Å². The molecule has 0 aromatic heterocycles. The second-order valence-corrected chi connectivity index (χ2v) is 6.78. The van der Waals surface area contributed by atoms with Crippen LogP contribution < -0.4 is 0 Å². The Morgan fingerprint density at radius 1 is 1.14 bits per heavy atom. The molecule has 3 nitrogen and oxygen atoms in total. The second-order valence-electron chi connectivity index (χ2n) is 4.52. The first-order valence-corrected chi connectivity index (χ1v) is 7.38. The van der Waals surface area contributed by atoms with Crippen LogP contribution in [0.4, 0.5) is 0 Å². The van der Waals surface area contributed by atoms with E-state index in [1.54, 1.807) is 0 Å². The molecular weight excluding hydrogens is 200 g/mol. The lowest BCUT2D eigenvalue weighted by atomic mass is 9.92. The highest BCUT2D eigenvalue weighted by Gasteiger charge is 2.28. The van der Waals surface area contributed by atoms with Crippen LogP contribution in [0.3, 0.4) is 0 Å². The molecule has 1 aliphatic carbocycles. The fraction of sp³-hybridized carbons (Fsp3) is 1.00. The Labute approximate surface area is 86.4 Å². The van der Waals surface area contributed by atoms with Gasteiger partial charge in [0.2, 0.25) is 0 Å². The van der Waals surface area contributed by atoms with Crippen LogP contribution in [0.5, 0.6) is 0 Å². The topological polar surface area (TPSA) is 54.4 Å². The van der Waals surface area contributed by atoms with Gasteiger partial charge in [-0.3, -0.25) is 0 Å². The van der Waals surface area contributed by atoms with E-state index in [0.717, 1.165) is 25.7 Å². The first-order valence-electron chi connectivity index (χ1n) is 5.31. The SMILES string of the molecule is CS(=O)(=O)CCC1(O)CCCCCC1. The summed E-state index contributed by atoms with van der Waals surface area (Å²) in [6.45, 7) is 0. The summed E-state index contributed by atoms with van der Waals surface area (Å²) >= 11 is 0. The van der Waals surface area contributed by atoms with Crippen LogP contribution in [-0.4, -0.2) is 31.1 Å². The maximum Gasteiger partial charge on any atom is 0.147 e. The smallest absolute Gasteiger partial charge is 0.147 e. The van der Waals surface area contributed by atoms with Crippen molar-refractivity contribution in [1.29, 1.82) is 0 Å².